The summed E-state index contributed by atoms with van der Waals surface area (Å²) in [6, 6.07) is 10.2. The van der Waals surface area contributed by atoms with Crippen LogP contribution in [0.25, 0.3) is 6.08 Å². The lowest BCUT2D eigenvalue weighted by atomic mass is 10.1. The number of nitrogens with zero attached hydrogens (tertiary/aromatic N) is 1. The van der Waals surface area contributed by atoms with Gasteiger partial charge in [-0.15, -0.1) is 0 Å². The van der Waals surface area contributed by atoms with E-state index >= 15 is 0 Å². The lowest BCUT2D eigenvalue weighted by Gasteiger charge is -2.26. The summed E-state index contributed by atoms with van der Waals surface area (Å²) in [5.41, 5.74) is 0.172. The van der Waals surface area contributed by atoms with Crippen LogP contribution in [0.1, 0.15) is 12.5 Å². The number of methoxy groups -OCH3 is 1. The number of ether oxygens (including phenoxy) is 2. The second kappa shape index (κ2) is 9.00. The van der Waals surface area contributed by atoms with Crippen LogP contribution in [0, 0.1) is 0 Å². The van der Waals surface area contributed by atoms with E-state index in [0.29, 0.717) is 0 Å². The molecule has 0 unspecified atom stereocenters. The van der Waals surface area contributed by atoms with Gasteiger partial charge in [0.15, 0.2) is 17.6 Å². The fraction of sp³-hybridized carbons (Fsp3) is 0.143. The molecule has 9 nitrogen and oxygen atoms in total. The highest BCUT2D eigenvalue weighted by Crippen LogP contribution is 2.34. The molecule has 31 heavy (non-hydrogen) atoms. The van der Waals surface area contributed by atoms with Crippen LogP contribution in [-0.4, -0.2) is 42.1 Å². The number of urea groups is 1. The molecule has 0 spiro atoms. The third-order valence-electron chi connectivity index (χ3n) is 4.36. The molecule has 1 aliphatic rings. The van der Waals surface area contributed by atoms with Crippen molar-refractivity contribution in [2.75, 3.05) is 12.0 Å². The SMILES string of the molecule is COc1cccc(/C=C2\C(=O)NC(=O)N(c3ccc(Br)cc3)C2=O)c1O[C@@H](C)C(=O)O. The first kappa shape index (κ1) is 22.0. The van der Waals surface area contributed by atoms with E-state index in [2.05, 4.69) is 21.2 Å². The average Bonchev–Trinajstić information content (AvgIpc) is 2.73. The lowest BCUT2D eigenvalue weighted by molar-refractivity contribution is -0.144. The number of halogens is 1. The summed E-state index contributed by atoms with van der Waals surface area (Å²) in [6.45, 7) is 1.33. The molecule has 2 aromatic rings. The van der Waals surface area contributed by atoms with E-state index in [-0.39, 0.29) is 28.3 Å². The van der Waals surface area contributed by atoms with Crippen LogP contribution in [0.15, 0.2) is 52.5 Å². The van der Waals surface area contributed by atoms with Gasteiger partial charge in [0.05, 0.1) is 12.8 Å². The molecule has 0 radical (unpaired) electrons. The Balaban J connectivity index is 2.06. The zero-order chi connectivity index (χ0) is 22.7. The summed E-state index contributed by atoms with van der Waals surface area (Å²) in [6.07, 6.45) is 0.00716. The zero-order valence-electron chi connectivity index (χ0n) is 16.4. The van der Waals surface area contributed by atoms with Crippen molar-refractivity contribution in [3.8, 4) is 11.5 Å². The molecule has 1 aliphatic heterocycles. The van der Waals surface area contributed by atoms with Crippen molar-refractivity contribution >= 4 is 51.5 Å². The first-order valence-corrected chi connectivity index (χ1v) is 9.75. The minimum atomic E-state index is -1.22. The van der Waals surface area contributed by atoms with Crippen molar-refractivity contribution in [3.63, 3.8) is 0 Å². The van der Waals surface area contributed by atoms with Gasteiger partial charge in [-0.05, 0) is 43.3 Å². The minimum Gasteiger partial charge on any atom is -0.493 e. The van der Waals surface area contributed by atoms with Crippen molar-refractivity contribution < 1.29 is 33.8 Å². The average molecular weight is 489 g/mol. The van der Waals surface area contributed by atoms with Crippen LogP contribution in [0.2, 0.25) is 0 Å². The number of carbonyl (C=O) groups is 4. The van der Waals surface area contributed by atoms with E-state index < -0.39 is 29.9 Å². The lowest BCUT2D eigenvalue weighted by Crippen LogP contribution is -2.54. The van der Waals surface area contributed by atoms with E-state index in [0.717, 1.165) is 9.37 Å². The smallest absolute Gasteiger partial charge is 0.344 e. The van der Waals surface area contributed by atoms with Gasteiger partial charge in [0.2, 0.25) is 0 Å². The van der Waals surface area contributed by atoms with Crippen LogP contribution < -0.4 is 19.7 Å². The van der Waals surface area contributed by atoms with Gasteiger partial charge < -0.3 is 14.6 Å². The zero-order valence-corrected chi connectivity index (χ0v) is 18.0. The Labute approximate surface area is 185 Å². The molecule has 1 saturated heterocycles. The van der Waals surface area contributed by atoms with E-state index in [1.807, 2.05) is 0 Å². The maximum atomic E-state index is 13.0. The molecule has 0 saturated carbocycles. The summed E-state index contributed by atoms with van der Waals surface area (Å²) in [5.74, 6) is -2.67. The molecular weight excluding hydrogens is 472 g/mol. The number of carboxylic acid groups (broad SMARTS) is 1. The predicted molar refractivity (Wildman–Crippen MR) is 114 cm³/mol. The van der Waals surface area contributed by atoms with Gasteiger partial charge in [-0.2, -0.15) is 0 Å². The van der Waals surface area contributed by atoms with E-state index in [1.165, 1.54) is 26.2 Å². The van der Waals surface area contributed by atoms with E-state index in [4.69, 9.17) is 14.6 Å². The number of imide groups is 2. The molecule has 3 rings (SSSR count). The van der Waals surface area contributed by atoms with Crippen molar-refractivity contribution in [2.24, 2.45) is 0 Å². The Morgan fingerprint density at radius 2 is 1.84 bits per heavy atom. The molecule has 1 fully saturated rings. The first-order valence-electron chi connectivity index (χ1n) is 8.96. The molecule has 0 bridgehead atoms. The Morgan fingerprint density at radius 3 is 2.45 bits per heavy atom. The molecule has 4 amide bonds. The van der Waals surface area contributed by atoms with Crippen LogP contribution in [0.5, 0.6) is 11.5 Å². The fourth-order valence-electron chi connectivity index (χ4n) is 2.80. The van der Waals surface area contributed by atoms with Crippen molar-refractivity contribution in [1.29, 1.82) is 0 Å². The van der Waals surface area contributed by atoms with Gasteiger partial charge in [-0.25, -0.2) is 14.5 Å². The number of benzene rings is 2. The highest BCUT2D eigenvalue weighted by Gasteiger charge is 2.37. The predicted octanol–water partition coefficient (Wildman–Crippen LogP) is 2.98. The minimum absolute atomic E-state index is 0.0418. The monoisotopic (exact) mass is 488 g/mol. The highest BCUT2D eigenvalue weighted by molar-refractivity contribution is 9.10. The van der Waals surface area contributed by atoms with Gasteiger partial charge in [-0.1, -0.05) is 28.1 Å². The molecule has 1 atom stereocenters. The maximum Gasteiger partial charge on any atom is 0.344 e. The van der Waals surface area contributed by atoms with Gasteiger partial charge in [0.25, 0.3) is 11.8 Å². The number of carboxylic acids is 1. The Hall–Kier alpha value is -3.66. The number of para-hydroxylation sites is 1. The molecule has 2 N–H and O–H groups in total. The Bertz CT molecular complexity index is 1100. The van der Waals surface area contributed by atoms with E-state index in [1.54, 1.807) is 36.4 Å². The van der Waals surface area contributed by atoms with Crippen LogP contribution in [0.4, 0.5) is 10.5 Å². The number of rotatable bonds is 6. The van der Waals surface area contributed by atoms with E-state index in [9.17, 15) is 19.2 Å². The van der Waals surface area contributed by atoms with Crippen LogP contribution in [0.3, 0.4) is 0 Å². The third kappa shape index (κ3) is 4.58. The standard InChI is InChI=1S/C21H17BrN2O7/c1-11(20(27)28)31-17-12(4-3-5-16(17)30-2)10-15-18(25)23-21(29)24(19(15)26)14-8-6-13(22)7-9-14/h3-11H,1-2H3,(H,27,28)(H,23,25,29)/b15-10+/t11-/m0/s1. The van der Waals surface area contributed by atoms with Crippen LogP contribution in [-0.2, 0) is 14.4 Å². The fourth-order valence-corrected chi connectivity index (χ4v) is 3.06. The summed E-state index contributed by atoms with van der Waals surface area (Å²) in [7, 11) is 1.37. The number of amides is 4. The normalized spacial score (nSPS) is 16.2. The summed E-state index contributed by atoms with van der Waals surface area (Å²) in [4.78, 5) is 49.8. The molecule has 10 heteroatoms. The number of anilines is 1. The molecule has 160 valence electrons. The second-order valence-electron chi connectivity index (χ2n) is 6.41. The topological polar surface area (TPSA) is 122 Å². The summed E-state index contributed by atoms with van der Waals surface area (Å²) in [5, 5.41) is 11.3. The molecule has 0 aliphatic carbocycles. The maximum absolute atomic E-state index is 13.0. The van der Waals surface area contributed by atoms with Crippen molar-refractivity contribution in [3.05, 3.63) is 58.1 Å². The number of barbiturate groups is 1. The van der Waals surface area contributed by atoms with Crippen molar-refractivity contribution in [2.45, 2.75) is 13.0 Å². The molecule has 1 heterocycles. The number of aliphatic carboxylic acids is 1. The quantitative estimate of drug-likeness (QED) is 0.473. The number of carbonyl (C=O) groups excluding carboxylic acids is 3. The Morgan fingerprint density at radius 1 is 1.16 bits per heavy atom. The summed E-state index contributed by atoms with van der Waals surface area (Å²) < 4.78 is 11.5. The molecule has 2 aromatic carbocycles. The number of hydrogen-bond acceptors (Lipinski definition) is 6. The van der Waals surface area contributed by atoms with Gasteiger partial charge in [0, 0.05) is 10.0 Å². The first-order chi connectivity index (χ1) is 14.7. The summed E-state index contributed by atoms with van der Waals surface area (Å²) >= 11 is 3.28. The van der Waals surface area contributed by atoms with Crippen molar-refractivity contribution in [1.82, 2.24) is 5.32 Å². The van der Waals surface area contributed by atoms with Gasteiger partial charge in [-0.3, -0.25) is 14.9 Å². The van der Waals surface area contributed by atoms with Gasteiger partial charge in [0.1, 0.15) is 5.57 Å². The third-order valence-corrected chi connectivity index (χ3v) is 4.89. The largest absolute Gasteiger partial charge is 0.493 e. The van der Waals surface area contributed by atoms with Crippen LogP contribution >= 0.6 is 15.9 Å². The number of nitrogens with one attached hydrogen (secondary N) is 1. The Kier molecular flexibility index (Phi) is 6.40. The van der Waals surface area contributed by atoms with Gasteiger partial charge >= 0.3 is 12.0 Å². The highest BCUT2D eigenvalue weighted by atomic mass is 79.9. The molecular formula is C21H17BrN2O7. The second-order valence-corrected chi connectivity index (χ2v) is 7.33. The molecule has 0 aromatic heterocycles. The number of hydrogen-bond donors (Lipinski definition) is 2.